The Bertz CT molecular complexity index is 1210. The van der Waals surface area contributed by atoms with Gasteiger partial charge in [-0.3, -0.25) is 14.5 Å². The van der Waals surface area contributed by atoms with Gasteiger partial charge in [0.05, 0.1) is 5.69 Å². The predicted molar refractivity (Wildman–Crippen MR) is 125 cm³/mol. The van der Waals surface area contributed by atoms with Gasteiger partial charge < -0.3 is 15.2 Å². The van der Waals surface area contributed by atoms with E-state index >= 15 is 0 Å². The zero-order valence-corrected chi connectivity index (χ0v) is 18.8. The lowest BCUT2D eigenvalue weighted by atomic mass is 10.1. The van der Waals surface area contributed by atoms with Crippen molar-refractivity contribution in [1.82, 2.24) is 9.88 Å². The molecule has 1 atom stereocenters. The molecule has 2 heterocycles. The molecular formula is C24H21N3O6S. The fraction of sp³-hybridized carbons (Fsp3) is 0.208. The van der Waals surface area contributed by atoms with Crippen LogP contribution in [0.25, 0.3) is 11.3 Å². The molecule has 1 saturated heterocycles. The van der Waals surface area contributed by atoms with Crippen LogP contribution in [0.15, 0.2) is 54.6 Å². The number of carbonyl (C=O) groups excluding carboxylic acids is 3. The van der Waals surface area contributed by atoms with Crippen LogP contribution in [-0.2, 0) is 16.1 Å². The maximum atomic E-state index is 12.9. The van der Waals surface area contributed by atoms with Gasteiger partial charge in [0.15, 0.2) is 5.13 Å². The fourth-order valence-electron chi connectivity index (χ4n) is 3.68. The standard InChI is InChI=1S/C24H21N3O6S/c28-13-15-8-10-17(11-9-15)19-20(22(30)31)34-23(25-19)26-21(29)18-7-4-12-27(18)24(32)33-14-16-5-2-1-3-6-16/h1-3,5-6,8-11,13,18H,4,7,12,14H2,(H,30,31)(H,25,26,29)/t18-/m0/s1. The molecule has 1 aromatic heterocycles. The third-order valence-corrected chi connectivity index (χ3v) is 6.33. The van der Waals surface area contributed by atoms with Crippen LogP contribution >= 0.6 is 11.3 Å². The minimum Gasteiger partial charge on any atom is -0.477 e. The third kappa shape index (κ3) is 5.12. The maximum absolute atomic E-state index is 12.9. The van der Waals surface area contributed by atoms with E-state index < -0.39 is 24.0 Å². The summed E-state index contributed by atoms with van der Waals surface area (Å²) < 4.78 is 5.37. The molecular weight excluding hydrogens is 458 g/mol. The zero-order chi connectivity index (χ0) is 24.1. The molecule has 0 spiro atoms. The van der Waals surface area contributed by atoms with Gasteiger partial charge in [-0.15, -0.1) is 0 Å². The highest BCUT2D eigenvalue weighted by Gasteiger charge is 2.36. The number of nitrogens with one attached hydrogen (secondary N) is 1. The maximum Gasteiger partial charge on any atom is 0.410 e. The first-order chi connectivity index (χ1) is 16.5. The van der Waals surface area contributed by atoms with E-state index in [-0.39, 0.29) is 22.3 Å². The number of anilines is 1. The quantitative estimate of drug-likeness (QED) is 0.489. The molecule has 1 fully saturated rings. The SMILES string of the molecule is O=Cc1ccc(-c2nc(NC(=O)[C@@H]3CCCN3C(=O)OCc3ccccc3)sc2C(=O)O)cc1. The molecule has 1 aliphatic heterocycles. The number of carboxylic acids is 1. The van der Waals surface area contributed by atoms with Crippen LogP contribution in [0.1, 0.15) is 38.4 Å². The molecule has 4 rings (SSSR count). The van der Waals surface area contributed by atoms with Crippen molar-refractivity contribution in [1.29, 1.82) is 0 Å². The minimum atomic E-state index is -1.18. The lowest BCUT2D eigenvalue weighted by molar-refractivity contribution is -0.120. The van der Waals surface area contributed by atoms with Crippen LogP contribution in [0.4, 0.5) is 9.93 Å². The van der Waals surface area contributed by atoms with E-state index in [2.05, 4.69) is 10.3 Å². The molecule has 1 aliphatic rings. The number of aldehydes is 1. The molecule has 2 amide bonds. The number of rotatable bonds is 7. The van der Waals surface area contributed by atoms with E-state index in [1.54, 1.807) is 24.3 Å². The van der Waals surface area contributed by atoms with Gasteiger partial charge in [0.1, 0.15) is 23.8 Å². The van der Waals surface area contributed by atoms with E-state index in [0.29, 0.717) is 36.8 Å². The lowest BCUT2D eigenvalue weighted by Crippen LogP contribution is -2.43. The fourth-order valence-corrected chi connectivity index (χ4v) is 4.51. The largest absolute Gasteiger partial charge is 0.477 e. The molecule has 0 aliphatic carbocycles. The van der Waals surface area contributed by atoms with Crippen molar-refractivity contribution < 1.29 is 29.0 Å². The highest BCUT2D eigenvalue weighted by molar-refractivity contribution is 7.18. The second-order valence-electron chi connectivity index (χ2n) is 7.62. The number of aromatic carboxylic acids is 1. The number of aromatic nitrogens is 1. The van der Waals surface area contributed by atoms with Gasteiger partial charge in [-0.2, -0.15) is 0 Å². The molecule has 10 heteroatoms. The number of hydrogen-bond acceptors (Lipinski definition) is 7. The van der Waals surface area contributed by atoms with Crippen molar-refractivity contribution in [3.63, 3.8) is 0 Å². The molecule has 0 unspecified atom stereocenters. The van der Waals surface area contributed by atoms with Crippen LogP contribution < -0.4 is 5.32 Å². The van der Waals surface area contributed by atoms with E-state index in [1.807, 2.05) is 30.3 Å². The first-order valence-corrected chi connectivity index (χ1v) is 11.4. The molecule has 174 valence electrons. The molecule has 0 radical (unpaired) electrons. The molecule has 2 N–H and O–H groups in total. The lowest BCUT2D eigenvalue weighted by Gasteiger charge is -2.22. The van der Waals surface area contributed by atoms with Crippen LogP contribution in [-0.4, -0.2) is 51.8 Å². The number of ether oxygens (including phenoxy) is 1. The first kappa shape index (κ1) is 23.1. The highest BCUT2D eigenvalue weighted by atomic mass is 32.1. The monoisotopic (exact) mass is 479 g/mol. The number of amides is 2. The number of likely N-dealkylation sites (tertiary alicyclic amines) is 1. The summed E-state index contributed by atoms with van der Waals surface area (Å²) in [5.41, 5.74) is 1.99. The van der Waals surface area contributed by atoms with Crippen molar-refractivity contribution in [3.8, 4) is 11.3 Å². The van der Waals surface area contributed by atoms with Crippen LogP contribution in [0.3, 0.4) is 0 Å². The van der Waals surface area contributed by atoms with E-state index in [4.69, 9.17) is 4.74 Å². The van der Waals surface area contributed by atoms with Gasteiger partial charge in [-0.25, -0.2) is 14.6 Å². The molecule has 0 saturated carbocycles. The number of benzene rings is 2. The summed E-state index contributed by atoms with van der Waals surface area (Å²) in [5, 5.41) is 12.3. The van der Waals surface area contributed by atoms with E-state index in [9.17, 15) is 24.3 Å². The van der Waals surface area contributed by atoms with Gasteiger partial charge >= 0.3 is 12.1 Å². The summed E-state index contributed by atoms with van der Waals surface area (Å²) >= 11 is 0.830. The second-order valence-corrected chi connectivity index (χ2v) is 8.62. The Morgan fingerprint density at radius 2 is 1.88 bits per heavy atom. The Morgan fingerprint density at radius 3 is 2.56 bits per heavy atom. The summed E-state index contributed by atoms with van der Waals surface area (Å²) in [6, 6.07) is 14.8. The Balaban J connectivity index is 1.46. The van der Waals surface area contributed by atoms with Gasteiger partial charge in [0.25, 0.3) is 0 Å². The van der Waals surface area contributed by atoms with Crippen LogP contribution in [0.5, 0.6) is 0 Å². The molecule has 9 nitrogen and oxygen atoms in total. The average molecular weight is 480 g/mol. The van der Waals surface area contributed by atoms with Crippen molar-refractivity contribution in [3.05, 3.63) is 70.6 Å². The number of carboxylic acid groups (broad SMARTS) is 1. The van der Waals surface area contributed by atoms with Gasteiger partial charge in [-0.05, 0) is 18.4 Å². The zero-order valence-electron chi connectivity index (χ0n) is 18.0. The smallest absolute Gasteiger partial charge is 0.410 e. The molecule has 2 aromatic carbocycles. The molecule has 3 aromatic rings. The Labute approximate surface area is 199 Å². The summed E-state index contributed by atoms with van der Waals surface area (Å²) in [4.78, 5) is 53.8. The van der Waals surface area contributed by atoms with Crippen LogP contribution in [0, 0.1) is 0 Å². The highest BCUT2D eigenvalue weighted by Crippen LogP contribution is 2.32. The predicted octanol–water partition coefficient (Wildman–Crippen LogP) is 4.06. The van der Waals surface area contributed by atoms with Gasteiger partial charge in [0.2, 0.25) is 5.91 Å². The summed E-state index contributed by atoms with van der Waals surface area (Å²) in [7, 11) is 0. The summed E-state index contributed by atoms with van der Waals surface area (Å²) in [5.74, 6) is -1.64. The van der Waals surface area contributed by atoms with Crippen LogP contribution in [0.2, 0.25) is 0 Å². The van der Waals surface area contributed by atoms with Gasteiger partial charge in [-0.1, -0.05) is 65.9 Å². The second kappa shape index (κ2) is 10.3. The minimum absolute atomic E-state index is 0.0419. The Kier molecular flexibility index (Phi) is 6.98. The summed E-state index contributed by atoms with van der Waals surface area (Å²) in [6.07, 6.45) is 1.21. The Morgan fingerprint density at radius 1 is 1.15 bits per heavy atom. The normalized spacial score (nSPS) is 15.1. The molecule has 0 bridgehead atoms. The number of carbonyl (C=O) groups is 4. The number of nitrogens with zero attached hydrogens (tertiary/aromatic N) is 2. The van der Waals surface area contributed by atoms with Crippen molar-refractivity contribution in [2.24, 2.45) is 0 Å². The van der Waals surface area contributed by atoms with Crippen molar-refractivity contribution in [2.75, 3.05) is 11.9 Å². The van der Waals surface area contributed by atoms with Crippen molar-refractivity contribution >= 4 is 40.7 Å². The average Bonchev–Trinajstić information content (AvgIpc) is 3.51. The van der Waals surface area contributed by atoms with Gasteiger partial charge in [0, 0.05) is 17.7 Å². The molecule has 34 heavy (non-hydrogen) atoms. The number of thiazole rings is 1. The first-order valence-electron chi connectivity index (χ1n) is 10.5. The number of hydrogen-bond donors (Lipinski definition) is 2. The van der Waals surface area contributed by atoms with E-state index in [1.165, 1.54) is 4.90 Å². The Hall–Kier alpha value is -4.05. The third-order valence-electron chi connectivity index (χ3n) is 5.37. The van der Waals surface area contributed by atoms with Crippen molar-refractivity contribution in [2.45, 2.75) is 25.5 Å². The van der Waals surface area contributed by atoms with E-state index in [0.717, 1.165) is 16.9 Å². The topological polar surface area (TPSA) is 126 Å². The summed E-state index contributed by atoms with van der Waals surface area (Å²) in [6.45, 7) is 0.490.